The van der Waals surface area contributed by atoms with Gasteiger partial charge in [-0.05, 0) is 30.0 Å². The van der Waals surface area contributed by atoms with E-state index in [0.717, 1.165) is 31.9 Å². The molecule has 3 N–H and O–H groups in total. The summed E-state index contributed by atoms with van der Waals surface area (Å²) in [6, 6.07) is 4.58. The number of benzene rings is 1. The molecule has 1 unspecified atom stereocenters. The summed E-state index contributed by atoms with van der Waals surface area (Å²) < 4.78 is 28.6. The average Bonchev–Trinajstić information content (AvgIpc) is 3.43. The number of nitrogens with zero attached hydrogens (tertiary/aromatic N) is 4. The molecule has 0 radical (unpaired) electrons. The molecular weight excluding hydrogens is 468 g/mol. The van der Waals surface area contributed by atoms with Crippen LogP contribution in [0.4, 0.5) is 11.8 Å². The van der Waals surface area contributed by atoms with Crippen molar-refractivity contribution < 1.29 is 17.7 Å². The molecule has 1 aliphatic rings. The fourth-order valence-electron chi connectivity index (χ4n) is 4.07. The Morgan fingerprint density at radius 3 is 2.61 bits per heavy atom. The molecule has 3 aromatic rings. The van der Waals surface area contributed by atoms with Gasteiger partial charge in [0, 0.05) is 6.26 Å². The zero-order chi connectivity index (χ0) is 23.6. The number of anilines is 2. The Balaban J connectivity index is 1.56. The van der Waals surface area contributed by atoms with Gasteiger partial charge in [0.1, 0.15) is 5.69 Å². The third kappa shape index (κ3) is 5.48. The number of nitrogens with one attached hydrogen (secondary N) is 1. The molecule has 12 heteroatoms. The molecule has 1 atom stereocenters. The highest BCUT2D eigenvalue weighted by atomic mass is 35.5. The largest absolute Gasteiger partial charge is 0.351 e. The third-order valence-corrected chi connectivity index (χ3v) is 7.27. The highest BCUT2D eigenvalue weighted by molar-refractivity contribution is 7.90. The summed E-state index contributed by atoms with van der Waals surface area (Å²) in [5, 5.41) is 6.58. The minimum absolute atomic E-state index is 0.0384. The standard InChI is InChI=1S/C21H23ClN6O4S/c1-33(30,31)17-7-6-13(9-15(17)22)14(8-12-4-2-3-5-12)20(29)26-18-11-24-16(10-25-18)19-27-21(23)32-28-19/h6-7,9-12,14H,2-5,8H2,1H3,(H2,23,27,28)(H,25,26,29). The van der Waals surface area contributed by atoms with Crippen LogP contribution < -0.4 is 11.1 Å². The number of halogens is 1. The highest BCUT2D eigenvalue weighted by Gasteiger charge is 2.28. The van der Waals surface area contributed by atoms with Gasteiger partial charge in [0.2, 0.25) is 11.7 Å². The predicted octanol–water partition coefficient (Wildman–Crippen LogP) is 3.47. The van der Waals surface area contributed by atoms with Crippen LogP contribution in [-0.4, -0.2) is 40.7 Å². The van der Waals surface area contributed by atoms with Gasteiger partial charge < -0.3 is 15.6 Å². The maximum atomic E-state index is 13.3. The third-order valence-electron chi connectivity index (χ3n) is 5.69. The minimum atomic E-state index is -3.47. The van der Waals surface area contributed by atoms with Crippen LogP contribution in [0, 0.1) is 5.92 Å². The van der Waals surface area contributed by atoms with Gasteiger partial charge in [-0.15, -0.1) is 0 Å². The summed E-state index contributed by atoms with van der Waals surface area (Å²) in [4.78, 5) is 25.6. The van der Waals surface area contributed by atoms with Crippen molar-refractivity contribution in [3.05, 3.63) is 41.2 Å². The van der Waals surface area contributed by atoms with Gasteiger partial charge in [0.25, 0.3) is 0 Å². The number of carbonyl (C=O) groups is 1. The molecule has 10 nitrogen and oxygen atoms in total. The van der Waals surface area contributed by atoms with Crippen molar-refractivity contribution in [2.75, 3.05) is 17.3 Å². The second kappa shape index (κ2) is 9.44. The van der Waals surface area contributed by atoms with Crippen LogP contribution in [0.5, 0.6) is 0 Å². The van der Waals surface area contributed by atoms with Crippen LogP contribution in [0.3, 0.4) is 0 Å². The monoisotopic (exact) mass is 490 g/mol. The van der Waals surface area contributed by atoms with E-state index in [-0.39, 0.29) is 33.5 Å². The maximum absolute atomic E-state index is 13.3. The molecule has 174 valence electrons. The lowest BCUT2D eigenvalue weighted by Gasteiger charge is -2.21. The molecule has 0 saturated heterocycles. The lowest BCUT2D eigenvalue weighted by molar-refractivity contribution is -0.118. The quantitative estimate of drug-likeness (QED) is 0.506. The Kier molecular flexibility index (Phi) is 6.61. The van der Waals surface area contributed by atoms with Gasteiger partial charge >= 0.3 is 6.01 Å². The van der Waals surface area contributed by atoms with Gasteiger partial charge in [-0.2, -0.15) is 4.98 Å². The Morgan fingerprint density at radius 1 is 1.27 bits per heavy atom. The molecule has 1 saturated carbocycles. The number of hydrogen-bond acceptors (Lipinski definition) is 9. The molecule has 0 spiro atoms. The molecular formula is C21H23ClN6O4S. The SMILES string of the molecule is CS(=O)(=O)c1ccc(C(CC2CCCC2)C(=O)Nc2cnc(-c3noc(N)n3)cn2)cc1Cl. The molecule has 1 aromatic carbocycles. The van der Waals surface area contributed by atoms with Crippen LogP contribution in [0.2, 0.25) is 5.02 Å². The van der Waals surface area contributed by atoms with Crippen LogP contribution >= 0.6 is 11.6 Å². The number of hydrogen-bond donors (Lipinski definition) is 2. The van der Waals surface area contributed by atoms with Crippen molar-refractivity contribution in [3.8, 4) is 11.5 Å². The Morgan fingerprint density at radius 2 is 2.03 bits per heavy atom. The fraction of sp³-hybridized carbons (Fsp3) is 0.381. The summed E-state index contributed by atoms with van der Waals surface area (Å²) in [7, 11) is -3.47. The van der Waals surface area contributed by atoms with Crippen LogP contribution in [0.1, 0.15) is 43.6 Å². The Labute approximate surface area is 195 Å². The molecule has 1 fully saturated rings. The summed E-state index contributed by atoms with van der Waals surface area (Å²) in [5.74, 6) is 0.0768. The number of carbonyl (C=O) groups excluding carboxylic acids is 1. The van der Waals surface area contributed by atoms with Gasteiger partial charge in [-0.25, -0.2) is 18.4 Å². The van der Waals surface area contributed by atoms with Crippen molar-refractivity contribution >= 4 is 39.2 Å². The number of rotatable bonds is 7. The zero-order valence-electron chi connectivity index (χ0n) is 17.9. The Hall–Kier alpha value is -3.05. The van der Waals surface area contributed by atoms with E-state index >= 15 is 0 Å². The van der Waals surface area contributed by atoms with Crippen molar-refractivity contribution in [3.63, 3.8) is 0 Å². The number of amides is 1. The number of sulfone groups is 1. The smallest absolute Gasteiger partial charge is 0.319 e. The van der Waals surface area contributed by atoms with Gasteiger partial charge in [-0.3, -0.25) is 4.79 Å². The average molecular weight is 491 g/mol. The number of aromatic nitrogens is 4. The molecule has 4 rings (SSSR count). The van der Waals surface area contributed by atoms with Gasteiger partial charge in [0.15, 0.2) is 15.7 Å². The van der Waals surface area contributed by atoms with E-state index in [1.807, 2.05) is 0 Å². The first-order chi connectivity index (χ1) is 15.7. The van der Waals surface area contributed by atoms with Crippen molar-refractivity contribution in [2.24, 2.45) is 5.92 Å². The van der Waals surface area contributed by atoms with E-state index in [0.29, 0.717) is 23.6 Å². The number of nitrogen functional groups attached to an aromatic ring is 1. The number of nitrogens with two attached hydrogens (primary N) is 1. The second-order valence-corrected chi connectivity index (χ2v) is 10.5. The van der Waals surface area contributed by atoms with Crippen LogP contribution in [-0.2, 0) is 14.6 Å². The van der Waals surface area contributed by atoms with Crippen molar-refractivity contribution in [1.82, 2.24) is 20.1 Å². The predicted molar refractivity (Wildman–Crippen MR) is 122 cm³/mol. The normalized spacial score (nSPS) is 15.5. The highest BCUT2D eigenvalue weighted by Crippen LogP contribution is 2.36. The van der Waals surface area contributed by atoms with Crippen molar-refractivity contribution in [1.29, 1.82) is 0 Å². The van der Waals surface area contributed by atoms with E-state index in [9.17, 15) is 13.2 Å². The Bertz CT molecular complexity index is 1260. The van der Waals surface area contributed by atoms with E-state index in [4.69, 9.17) is 21.9 Å². The van der Waals surface area contributed by atoms with E-state index < -0.39 is 15.8 Å². The lowest BCUT2D eigenvalue weighted by atomic mass is 9.87. The van der Waals surface area contributed by atoms with E-state index in [1.54, 1.807) is 12.1 Å². The van der Waals surface area contributed by atoms with Crippen molar-refractivity contribution in [2.45, 2.75) is 42.9 Å². The first kappa shape index (κ1) is 23.1. The zero-order valence-corrected chi connectivity index (χ0v) is 19.4. The molecule has 0 bridgehead atoms. The summed E-state index contributed by atoms with van der Waals surface area (Å²) in [6.45, 7) is 0. The second-order valence-electron chi connectivity index (χ2n) is 8.13. The fourth-order valence-corrected chi connectivity index (χ4v) is 5.41. The molecule has 33 heavy (non-hydrogen) atoms. The summed E-state index contributed by atoms with van der Waals surface area (Å²) in [5.41, 5.74) is 6.43. The van der Waals surface area contributed by atoms with Crippen LogP contribution in [0.15, 0.2) is 40.0 Å². The van der Waals surface area contributed by atoms with Gasteiger partial charge in [0.05, 0.1) is 28.2 Å². The topological polar surface area (TPSA) is 154 Å². The minimum Gasteiger partial charge on any atom is -0.351 e. The summed E-state index contributed by atoms with van der Waals surface area (Å²) in [6.07, 6.45) is 8.93. The first-order valence-electron chi connectivity index (χ1n) is 10.4. The van der Waals surface area contributed by atoms with E-state index in [1.165, 1.54) is 18.5 Å². The van der Waals surface area contributed by atoms with E-state index in [2.05, 4.69) is 25.4 Å². The lowest BCUT2D eigenvalue weighted by Crippen LogP contribution is -2.24. The first-order valence-corrected chi connectivity index (χ1v) is 12.7. The maximum Gasteiger partial charge on any atom is 0.319 e. The summed E-state index contributed by atoms with van der Waals surface area (Å²) >= 11 is 6.26. The molecule has 2 heterocycles. The molecule has 2 aromatic heterocycles. The van der Waals surface area contributed by atoms with Gasteiger partial charge in [-0.1, -0.05) is 48.5 Å². The molecule has 1 amide bonds. The van der Waals surface area contributed by atoms with Crippen LogP contribution in [0.25, 0.3) is 11.5 Å². The molecule has 0 aliphatic heterocycles. The molecule has 1 aliphatic carbocycles.